The van der Waals surface area contributed by atoms with Crippen molar-refractivity contribution in [2.24, 2.45) is 0 Å². The van der Waals surface area contributed by atoms with E-state index in [0.29, 0.717) is 27.8 Å². The Morgan fingerprint density at radius 1 is 1.00 bits per heavy atom. The summed E-state index contributed by atoms with van der Waals surface area (Å²) >= 11 is 1.09. The summed E-state index contributed by atoms with van der Waals surface area (Å²) in [6.45, 7) is 1.83. The number of carbonyl (C=O) groups excluding carboxylic acids is 2. The number of piperidine rings is 1. The lowest BCUT2D eigenvalue weighted by Crippen LogP contribution is -2.42. The third-order valence-electron chi connectivity index (χ3n) is 4.62. The van der Waals surface area contributed by atoms with Crippen LogP contribution in [0.5, 0.6) is 0 Å². The van der Waals surface area contributed by atoms with Gasteiger partial charge in [0.05, 0.1) is 0 Å². The predicted octanol–water partition coefficient (Wildman–Crippen LogP) is 2.33. The van der Waals surface area contributed by atoms with E-state index in [-0.39, 0.29) is 17.9 Å². The molecule has 3 aromatic rings. The largest absolute Gasteiger partial charge is 0.349 e. The molecule has 0 spiro atoms. The summed E-state index contributed by atoms with van der Waals surface area (Å²) in [5.41, 5.74) is 1.62. The molecule has 1 aliphatic rings. The molecule has 0 saturated carbocycles. The van der Waals surface area contributed by atoms with E-state index in [4.69, 9.17) is 0 Å². The van der Waals surface area contributed by atoms with Crippen LogP contribution in [0, 0.1) is 0 Å². The third-order valence-corrected chi connectivity index (χ3v) is 5.25. The number of carbonyl (C=O) groups is 2. The Labute approximate surface area is 172 Å². The average molecular weight is 408 g/mol. The van der Waals surface area contributed by atoms with E-state index in [2.05, 4.69) is 30.3 Å². The van der Waals surface area contributed by atoms with Gasteiger partial charge in [0.15, 0.2) is 5.82 Å². The average Bonchev–Trinajstić information content (AvgIpc) is 3.23. The Morgan fingerprint density at radius 2 is 1.72 bits per heavy atom. The molecule has 3 heterocycles. The second kappa shape index (κ2) is 8.89. The van der Waals surface area contributed by atoms with Crippen molar-refractivity contribution in [3.63, 3.8) is 0 Å². The molecule has 148 valence electrons. The number of nitrogens with one attached hydrogen (secondary N) is 3. The molecule has 9 heteroatoms. The Balaban J connectivity index is 1.37. The maximum Gasteiger partial charge on any atom is 0.257 e. The Kier molecular flexibility index (Phi) is 5.87. The van der Waals surface area contributed by atoms with Gasteiger partial charge >= 0.3 is 0 Å². The second-order valence-corrected chi connectivity index (χ2v) is 7.42. The monoisotopic (exact) mass is 408 g/mol. The molecule has 2 aromatic heterocycles. The van der Waals surface area contributed by atoms with E-state index < -0.39 is 0 Å². The van der Waals surface area contributed by atoms with Crippen LogP contribution >= 0.6 is 11.5 Å². The zero-order valence-electron chi connectivity index (χ0n) is 15.6. The number of anilines is 1. The first kappa shape index (κ1) is 19.2. The highest BCUT2D eigenvalue weighted by Crippen LogP contribution is 2.19. The van der Waals surface area contributed by atoms with Crippen LogP contribution < -0.4 is 16.0 Å². The van der Waals surface area contributed by atoms with Crippen LogP contribution in [0.4, 0.5) is 5.13 Å². The number of amides is 2. The Bertz CT molecular complexity index is 984. The van der Waals surface area contributed by atoms with E-state index in [0.717, 1.165) is 37.5 Å². The van der Waals surface area contributed by atoms with Crippen LogP contribution in [-0.4, -0.2) is 45.3 Å². The van der Waals surface area contributed by atoms with Crippen molar-refractivity contribution in [3.8, 4) is 11.5 Å². The maximum absolute atomic E-state index is 12.5. The number of pyridine rings is 1. The van der Waals surface area contributed by atoms with Crippen molar-refractivity contribution >= 4 is 28.5 Å². The van der Waals surface area contributed by atoms with Gasteiger partial charge in [0.25, 0.3) is 11.8 Å². The summed E-state index contributed by atoms with van der Waals surface area (Å²) in [6, 6.07) is 12.2. The lowest BCUT2D eigenvalue weighted by Gasteiger charge is -2.23. The van der Waals surface area contributed by atoms with Crippen molar-refractivity contribution in [1.29, 1.82) is 0 Å². The summed E-state index contributed by atoms with van der Waals surface area (Å²) < 4.78 is 4.22. The van der Waals surface area contributed by atoms with Gasteiger partial charge in [-0.3, -0.25) is 19.9 Å². The van der Waals surface area contributed by atoms with Gasteiger partial charge in [-0.15, -0.1) is 0 Å². The molecule has 4 rings (SSSR count). The minimum Gasteiger partial charge on any atom is -0.349 e. The van der Waals surface area contributed by atoms with E-state index >= 15 is 0 Å². The van der Waals surface area contributed by atoms with Gasteiger partial charge in [-0.2, -0.15) is 9.36 Å². The molecule has 2 amide bonds. The van der Waals surface area contributed by atoms with Crippen molar-refractivity contribution in [3.05, 3.63) is 59.8 Å². The number of hydrogen-bond donors (Lipinski definition) is 3. The normalized spacial score (nSPS) is 14.3. The molecule has 0 aliphatic carbocycles. The van der Waals surface area contributed by atoms with Crippen molar-refractivity contribution in [2.75, 3.05) is 18.4 Å². The smallest absolute Gasteiger partial charge is 0.257 e. The van der Waals surface area contributed by atoms with Crippen LogP contribution in [0.1, 0.15) is 33.6 Å². The second-order valence-electron chi connectivity index (χ2n) is 6.67. The molecule has 0 radical (unpaired) electrons. The van der Waals surface area contributed by atoms with E-state index in [1.165, 1.54) is 0 Å². The topological polar surface area (TPSA) is 109 Å². The molecule has 8 nitrogen and oxygen atoms in total. The molecule has 3 N–H and O–H groups in total. The van der Waals surface area contributed by atoms with E-state index in [9.17, 15) is 9.59 Å². The minimum atomic E-state index is -0.306. The van der Waals surface area contributed by atoms with Crippen molar-refractivity contribution in [2.45, 2.75) is 18.9 Å². The third kappa shape index (κ3) is 4.82. The Hall–Kier alpha value is -3.17. The maximum atomic E-state index is 12.5. The molecule has 1 aliphatic heterocycles. The molecule has 1 aromatic carbocycles. The van der Waals surface area contributed by atoms with Crippen molar-refractivity contribution < 1.29 is 9.59 Å². The Morgan fingerprint density at radius 3 is 2.41 bits per heavy atom. The first-order valence-corrected chi connectivity index (χ1v) is 10.1. The predicted molar refractivity (Wildman–Crippen MR) is 111 cm³/mol. The van der Waals surface area contributed by atoms with Gasteiger partial charge in [-0.25, -0.2) is 0 Å². The summed E-state index contributed by atoms with van der Waals surface area (Å²) in [5.74, 6) is 0.0443. The molecule has 1 fully saturated rings. The molecule has 0 unspecified atom stereocenters. The number of nitrogens with zero attached hydrogens (tertiary/aromatic N) is 3. The molecule has 0 bridgehead atoms. The van der Waals surface area contributed by atoms with Gasteiger partial charge in [-0.1, -0.05) is 6.07 Å². The summed E-state index contributed by atoms with van der Waals surface area (Å²) in [5, 5.41) is 9.44. The van der Waals surface area contributed by atoms with Crippen LogP contribution in [0.15, 0.2) is 48.7 Å². The van der Waals surface area contributed by atoms with Crippen LogP contribution in [0.2, 0.25) is 0 Å². The van der Waals surface area contributed by atoms with Crippen LogP contribution in [-0.2, 0) is 0 Å². The van der Waals surface area contributed by atoms with E-state index in [1.54, 1.807) is 36.5 Å². The zero-order chi connectivity index (χ0) is 20.1. The lowest BCUT2D eigenvalue weighted by atomic mass is 10.1. The fourth-order valence-electron chi connectivity index (χ4n) is 3.05. The molecule has 29 heavy (non-hydrogen) atoms. The van der Waals surface area contributed by atoms with Gasteiger partial charge < -0.3 is 10.6 Å². The number of benzene rings is 1. The van der Waals surface area contributed by atoms with Gasteiger partial charge in [0.2, 0.25) is 5.13 Å². The SMILES string of the molecule is O=C(Nc1nc(-c2ccccn2)ns1)c1ccc(C(=O)NC2CCNCC2)cc1. The highest BCUT2D eigenvalue weighted by atomic mass is 32.1. The van der Waals surface area contributed by atoms with Crippen molar-refractivity contribution in [1.82, 2.24) is 25.0 Å². The fourth-order valence-corrected chi connectivity index (χ4v) is 3.62. The van der Waals surface area contributed by atoms with Gasteiger partial charge in [0, 0.05) is 34.9 Å². The molecular formula is C20H20N6O2S. The van der Waals surface area contributed by atoms with Crippen LogP contribution in [0.25, 0.3) is 11.5 Å². The first-order chi connectivity index (χ1) is 14.2. The number of hydrogen-bond acceptors (Lipinski definition) is 7. The van der Waals surface area contributed by atoms with Gasteiger partial charge in [-0.05, 0) is 62.3 Å². The standard InChI is InChI=1S/C20H20N6O2S/c27-18(23-15-8-11-21-12-9-15)13-4-6-14(7-5-13)19(28)25-20-24-17(26-29-20)16-3-1-2-10-22-16/h1-7,10,15,21H,8-9,11-12H2,(H,23,27)(H,24,25,26,28). The van der Waals surface area contributed by atoms with E-state index in [1.807, 2.05) is 12.1 Å². The van der Waals surface area contributed by atoms with Crippen LogP contribution in [0.3, 0.4) is 0 Å². The number of rotatable bonds is 5. The quantitative estimate of drug-likeness (QED) is 0.598. The fraction of sp³-hybridized carbons (Fsp3) is 0.250. The summed E-state index contributed by atoms with van der Waals surface area (Å²) in [4.78, 5) is 33.3. The highest BCUT2D eigenvalue weighted by molar-refractivity contribution is 7.10. The van der Waals surface area contributed by atoms with Gasteiger partial charge in [0.1, 0.15) is 5.69 Å². The summed E-state index contributed by atoms with van der Waals surface area (Å²) in [7, 11) is 0. The molecule has 1 saturated heterocycles. The minimum absolute atomic E-state index is 0.118. The zero-order valence-corrected chi connectivity index (χ0v) is 16.4. The summed E-state index contributed by atoms with van der Waals surface area (Å²) in [6.07, 6.45) is 3.51. The first-order valence-electron chi connectivity index (χ1n) is 9.37. The highest BCUT2D eigenvalue weighted by Gasteiger charge is 2.17. The molecule has 0 atom stereocenters. The lowest BCUT2D eigenvalue weighted by molar-refractivity contribution is 0.0928. The number of aromatic nitrogens is 3. The molecular weight excluding hydrogens is 388 g/mol.